The van der Waals surface area contributed by atoms with Gasteiger partial charge in [0.05, 0.1) is 6.10 Å². The fraction of sp³-hybridized carbons (Fsp3) is 0.667. The Morgan fingerprint density at radius 2 is 1.89 bits per heavy atom. The molecule has 1 unspecified atom stereocenters. The van der Waals surface area contributed by atoms with E-state index in [9.17, 15) is 8.78 Å². The summed E-state index contributed by atoms with van der Waals surface area (Å²) in [6, 6.07) is -0.00742. The van der Waals surface area contributed by atoms with Crippen molar-refractivity contribution in [2.75, 3.05) is 17.3 Å². The summed E-state index contributed by atoms with van der Waals surface area (Å²) in [5.74, 6) is 5.15. The molecule has 10 heteroatoms. The molecule has 1 rings (SSSR count). The third-order valence-corrected chi connectivity index (χ3v) is 1.85. The van der Waals surface area contributed by atoms with Crippen molar-refractivity contribution in [1.29, 1.82) is 0 Å². The van der Waals surface area contributed by atoms with Gasteiger partial charge in [-0.05, 0) is 13.8 Å². The van der Waals surface area contributed by atoms with Crippen LogP contribution in [-0.4, -0.2) is 45.2 Å². The zero-order valence-electron chi connectivity index (χ0n) is 10.5. The number of nitrogen functional groups attached to an aromatic ring is 1. The van der Waals surface area contributed by atoms with Crippen molar-refractivity contribution in [2.24, 2.45) is 5.84 Å². The topological polar surface area (TPSA) is 118 Å². The fourth-order valence-corrected chi connectivity index (χ4v) is 1.05. The molecule has 108 valence electrons. The van der Waals surface area contributed by atoms with E-state index in [4.69, 9.17) is 15.7 Å². The molecular formula is C9H16F2N6O2. The number of hydrogen-bond acceptors (Lipinski definition) is 8. The smallest absolute Gasteiger partial charge is 0.323 e. The number of nitrogens with two attached hydrogens (primary N) is 1. The van der Waals surface area contributed by atoms with Gasteiger partial charge in [-0.25, -0.2) is 14.6 Å². The van der Waals surface area contributed by atoms with Crippen LogP contribution in [0.4, 0.5) is 20.7 Å². The van der Waals surface area contributed by atoms with Gasteiger partial charge in [-0.15, -0.1) is 0 Å². The summed E-state index contributed by atoms with van der Waals surface area (Å²) in [7, 11) is 0. The fourth-order valence-electron chi connectivity index (χ4n) is 1.05. The minimum absolute atomic E-state index is 0.00742. The first kappa shape index (κ1) is 15.2. The molecule has 0 saturated carbocycles. The van der Waals surface area contributed by atoms with E-state index in [0.29, 0.717) is 0 Å². The van der Waals surface area contributed by atoms with Crippen LogP contribution in [0.2, 0.25) is 0 Å². The molecule has 0 aliphatic rings. The number of nitrogens with one attached hydrogen (secondary N) is 2. The lowest BCUT2D eigenvalue weighted by Crippen LogP contribution is -2.27. The Bertz CT molecular complexity index is 406. The van der Waals surface area contributed by atoms with Gasteiger partial charge in [0, 0.05) is 6.54 Å². The van der Waals surface area contributed by atoms with Crippen LogP contribution in [0.25, 0.3) is 0 Å². The van der Waals surface area contributed by atoms with Crippen LogP contribution in [-0.2, 0) is 0 Å². The summed E-state index contributed by atoms with van der Waals surface area (Å²) in [5, 5.41) is 11.4. The zero-order valence-corrected chi connectivity index (χ0v) is 10.5. The summed E-state index contributed by atoms with van der Waals surface area (Å²) in [4.78, 5) is 11.5. The van der Waals surface area contributed by atoms with E-state index >= 15 is 0 Å². The third kappa shape index (κ3) is 5.14. The van der Waals surface area contributed by atoms with E-state index in [1.807, 2.05) is 0 Å². The summed E-state index contributed by atoms with van der Waals surface area (Å²) in [6.45, 7) is 3.13. The van der Waals surface area contributed by atoms with Crippen LogP contribution in [0.3, 0.4) is 0 Å². The van der Waals surface area contributed by atoms with Crippen molar-refractivity contribution >= 4 is 11.9 Å². The lowest BCUT2D eigenvalue weighted by molar-refractivity contribution is 0.00376. The molecule has 1 aromatic heterocycles. The van der Waals surface area contributed by atoms with E-state index in [1.165, 1.54) is 0 Å². The molecule has 1 heterocycles. The Morgan fingerprint density at radius 3 is 2.42 bits per heavy atom. The zero-order chi connectivity index (χ0) is 14.4. The van der Waals surface area contributed by atoms with Gasteiger partial charge in [0.15, 0.2) is 0 Å². The molecule has 1 atom stereocenters. The van der Waals surface area contributed by atoms with Gasteiger partial charge in [-0.3, -0.25) is 5.43 Å². The van der Waals surface area contributed by atoms with Gasteiger partial charge in [0.1, 0.15) is 6.10 Å². The first-order valence-corrected chi connectivity index (χ1v) is 5.51. The molecule has 5 N–H and O–H groups in total. The Labute approximate surface area is 108 Å². The molecule has 0 aliphatic heterocycles. The molecule has 0 spiro atoms. The third-order valence-electron chi connectivity index (χ3n) is 1.85. The minimum Gasteiger partial charge on any atom is -0.461 e. The highest BCUT2D eigenvalue weighted by atomic mass is 19.3. The van der Waals surface area contributed by atoms with Gasteiger partial charge in [0.25, 0.3) is 6.43 Å². The first-order chi connectivity index (χ1) is 8.92. The second-order valence-corrected chi connectivity index (χ2v) is 3.86. The van der Waals surface area contributed by atoms with Gasteiger partial charge in [0.2, 0.25) is 11.9 Å². The van der Waals surface area contributed by atoms with Gasteiger partial charge >= 0.3 is 6.01 Å². The average molecular weight is 278 g/mol. The molecule has 0 amide bonds. The predicted octanol–water partition coefficient (Wildman–Crippen LogP) is -0.0177. The highest BCUT2D eigenvalue weighted by Gasteiger charge is 2.17. The normalized spacial score (nSPS) is 12.6. The maximum atomic E-state index is 12.1. The number of hydrogen-bond donors (Lipinski definition) is 4. The number of nitrogens with zero attached hydrogens (tertiary/aromatic N) is 3. The lowest BCUT2D eigenvalue weighted by Gasteiger charge is -2.13. The highest BCUT2D eigenvalue weighted by molar-refractivity contribution is 5.35. The van der Waals surface area contributed by atoms with Crippen molar-refractivity contribution in [3.05, 3.63) is 0 Å². The molecule has 0 aliphatic carbocycles. The second-order valence-electron chi connectivity index (χ2n) is 3.86. The summed E-state index contributed by atoms with van der Waals surface area (Å²) < 4.78 is 29.5. The minimum atomic E-state index is -2.85. The highest BCUT2D eigenvalue weighted by Crippen LogP contribution is 2.12. The number of hydrazine groups is 1. The Kier molecular flexibility index (Phi) is 5.57. The van der Waals surface area contributed by atoms with Gasteiger partial charge in [-0.1, -0.05) is 0 Å². The number of alkyl halides is 2. The molecular weight excluding hydrogens is 262 g/mol. The van der Waals surface area contributed by atoms with Gasteiger partial charge < -0.3 is 15.2 Å². The van der Waals surface area contributed by atoms with E-state index in [-0.39, 0.29) is 24.0 Å². The van der Waals surface area contributed by atoms with Crippen LogP contribution >= 0.6 is 0 Å². The Hall–Kier alpha value is -1.81. The number of ether oxygens (including phenoxy) is 1. The number of rotatable bonds is 7. The van der Waals surface area contributed by atoms with Gasteiger partial charge in [-0.2, -0.15) is 15.0 Å². The maximum Gasteiger partial charge on any atom is 0.323 e. The number of halogens is 2. The number of aromatic nitrogens is 3. The van der Waals surface area contributed by atoms with Crippen LogP contribution in [0, 0.1) is 0 Å². The van der Waals surface area contributed by atoms with Crippen LogP contribution in [0.5, 0.6) is 6.01 Å². The largest absolute Gasteiger partial charge is 0.461 e. The average Bonchev–Trinajstić information content (AvgIpc) is 2.34. The monoisotopic (exact) mass is 278 g/mol. The predicted molar refractivity (Wildman–Crippen MR) is 63.9 cm³/mol. The van der Waals surface area contributed by atoms with Crippen molar-refractivity contribution in [2.45, 2.75) is 32.5 Å². The van der Waals surface area contributed by atoms with Crippen LogP contribution in [0.1, 0.15) is 13.8 Å². The summed E-state index contributed by atoms with van der Waals surface area (Å²) in [6.07, 6.45) is -4.85. The summed E-state index contributed by atoms with van der Waals surface area (Å²) >= 11 is 0. The lowest BCUT2D eigenvalue weighted by atomic mass is 10.4. The molecule has 0 fully saturated rings. The molecule has 0 radical (unpaired) electrons. The van der Waals surface area contributed by atoms with E-state index in [0.717, 1.165) is 0 Å². The molecule has 1 aromatic rings. The van der Waals surface area contributed by atoms with E-state index in [2.05, 4.69) is 25.7 Å². The SMILES string of the molecule is CC(C)Oc1nc(NN)nc(NCC(O)C(F)F)n1. The number of anilines is 2. The standard InChI is InChI=1S/C9H16F2N6O2/c1-4(2)19-9-15-7(14-8(16-9)17-12)13-3-5(18)6(10)11/h4-6,18H,3,12H2,1-2H3,(H2,13,14,15,16,17). The van der Waals surface area contributed by atoms with E-state index < -0.39 is 19.1 Å². The first-order valence-electron chi connectivity index (χ1n) is 5.51. The van der Waals surface area contributed by atoms with Crippen LogP contribution < -0.4 is 21.3 Å². The number of aliphatic hydroxyl groups excluding tert-OH is 1. The Morgan fingerprint density at radius 1 is 1.26 bits per heavy atom. The maximum absolute atomic E-state index is 12.1. The van der Waals surface area contributed by atoms with E-state index in [1.54, 1.807) is 13.8 Å². The van der Waals surface area contributed by atoms with Crippen LogP contribution in [0.15, 0.2) is 0 Å². The second kappa shape index (κ2) is 6.95. The van der Waals surface area contributed by atoms with Crippen molar-refractivity contribution in [3.63, 3.8) is 0 Å². The molecule has 0 bridgehead atoms. The summed E-state index contributed by atoms with van der Waals surface area (Å²) in [5.41, 5.74) is 2.20. The quantitative estimate of drug-likeness (QED) is 0.406. The Balaban J connectivity index is 2.76. The van der Waals surface area contributed by atoms with Crippen molar-refractivity contribution < 1.29 is 18.6 Å². The molecule has 0 aromatic carbocycles. The molecule has 8 nitrogen and oxygen atoms in total. The molecule has 19 heavy (non-hydrogen) atoms. The van der Waals surface area contributed by atoms with Crippen molar-refractivity contribution in [3.8, 4) is 6.01 Å². The van der Waals surface area contributed by atoms with Crippen molar-refractivity contribution in [1.82, 2.24) is 15.0 Å². The number of aliphatic hydroxyl groups is 1. The molecule has 0 saturated heterocycles.